The van der Waals surface area contributed by atoms with Crippen molar-refractivity contribution in [1.29, 1.82) is 0 Å². The van der Waals surface area contributed by atoms with Gasteiger partial charge in [0.05, 0.1) is 12.3 Å². The normalized spacial score (nSPS) is 25.4. The molecule has 1 aliphatic rings. The van der Waals surface area contributed by atoms with Crippen LogP contribution in [-0.2, 0) is 4.74 Å². The van der Waals surface area contributed by atoms with E-state index in [1.807, 2.05) is 0 Å². The number of aromatic nitrogens is 2. The number of aliphatic hydroxyl groups excluding tert-OH is 2. The SMILES string of the molecule is Nc1nc(=O)n([C@@H]2O[C@H](CC(=O)c3ccc(Cl)cc3)[C@@H](O)[C@H]2O)cc1F. The first-order valence-corrected chi connectivity index (χ1v) is 8.00. The van der Waals surface area contributed by atoms with Crippen molar-refractivity contribution in [3.63, 3.8) is 0 Å². The summed E-state index contributed by atoms with van der Waals surface area (Å²) >= 11 is 5.77. The second-order valence-corrected chi connectivity index (χ2v) is 6.28. The van der Waals surface area contributed by atoms with Crippen LogP contribution in [0.1, 0.15) is 23.0 Å². The van der Waals surface area contributed by atoms with Gasteiger partial charge in [-0.2, -0.15) is 4.98 Å². The molecule has 4 N–H and O–H groups in total. The van der Waals surface area contributed by atoms with Crippen molar-refractivity contribution in [2.24, 2.45) is 0 Å². The Morgan fingerprint density at radius 3 is 2.62 bits per heavy atom. The van der Waals surface area contributed by atoms with Crippen LogP contribution < -0.4 is 11.4 Å². The number of rotatable bonds is 4. The van der Waals surface area contributed by atoms with Gasteiger partial charge >= 0.3 is 5.69 Å². The molecule has 1 aromatic carbocycles. The molecule has 3 rings (SSSR count). The quantitative estimate of drug-likeness (QED) is 0.656. The zero-order valence-electron chi connectivity index (χ0n) is 13.3. The number of benzene rings is 1. The molecule has 26 heavy (non-hydrogen) atoms. The van der Waals surface area contributed by atoms with Gasteiger partial charge in [0.15, 0.2) is 23.6 Å². The Balaban J connectivity index is 1.79. The number of carbonyl (C=O) groups is 1. The van der Waals surface area contributed by atoms with Gasteiger partial charge in [-0.15, -0.1) is 0 Å². The van der Waals surface area contributed by atoms with Crippen molar-refractivity contribution in [2.45, 2.75) is 31.0 Å². The maximum absolute atomic E-state index is 13.6. The molecule has 2 aromatic rings. The monoisotopic (exact) mass is 383 g/mol. The number of ketones is 1. The molecule has 1 aliphatic heterocycles. The smallest absolute Gasteiger partial charge is 0.351 e. The summed E-state index contributed by atoms with van der Waals surface area (Å²) in [6.07, 6.45) is -5.02. The van der Waals surface area contributed by atoms with E-state index in [2.05, 4.69) is 4.98 Å². The molecule has 0 unspecified atom stereocenters. The highest BCUT2D eigenvalue weighted by atomic mass is 35.5. The zero-order chi connectivity index (χ0) is 19.0. The van der Waals surface area contributed by atoms with Gasteiger partial charge < -0.3 is 20.7 Å². The van der Waals surface area contributed by atoms with Crippen LogP contribution in [0.2, 0.25) is 5.02 Å². The number of hydrogen-bond donors (Lipinski definition) is 3. The Morgan fingerprint density at radius 1 is 1.31 bits per heavy atom. The summed E-state index contributed by atoms with van der Waals surface area (Å²) in [5.74, 6) is -1.92. The predicted molar refractivity (Wildman–Crippen MR) is 89.2 cm³/mol. The van der Waals surface area contributed by atoms with Crippen molar-refractivity contribution in [3.05, 3.63) is 57.3 Å². The highest BCUT2D eigenvalue weighted by molar-refractivity contribution is 6.30. The summed E-state index contributed by atoms with van der Waals surface area (Å²) in [5.41, 5.74) is 4.61. The second kappa shape index (κ2) is 7.12. The minimum absolute atomic E-state index is 0.254. The lowest BCUT2D eigenvalue weighted by Gasteiger charge is -2.17. The first-order valence-electron chi connectivity index (χ1n) is 7.62. The molecule has 138 valence electrons. The number of hydrogen-bond acceptors (Lipinski definition) is 7. The summed E-state index contributed by atoms with van der Waals surface area (Å²) < 4.78 is 19.7. The Morgan fingerprint density at radius 2 is 1.96 bits per heavy atom. The van der Waals surface area contributed by atoms with E-state index in [9.17, 15) is 24.2 Å². The van der Waals surface area contributed by atoms with Gasteiger partial charge in [0, 0.05) is 17.0 Å². The largest absolute Gasteiger partial charge is 0.388 e. The topological polar surface area (TPSA) is 128 Å². The third-order valence-electron chi connectivity index (χ3n) is 4.10. The molecule has 1 saturated heterocycles. The first-order chi connectivity index (χ1) is 12.3. The molecule has 0 amide bonds. The molecule has 0 aliphatic carbocycles. The molecule has 4 atom stereocenters. The Labute approximate surface area is 151 Å². The molecule has 0 radical (unpaired) electrons. The molecule has 2 heterocycles. The number of aliphatic hydroxyl groups is 2. The van der Waals surface area contributed by atoms with Crippen LogP contribution in [0.4, 0.5) is 10.2 Å². The Hall–Kier alpha value is -2.33. The van der Waals surface area contributed by atoms with Gasteiger partial charge in [0.2, 0.25) is 0 Å². The van der Waals surface area contributed by atoms with Crippen LogP contribution in [0, 0.1) is 5.82 Å². The minimum Gasteiger partial charge on any atom is -0.388 e. The van der Waals surface area contributed by atoms with Gasteiger partial charge in [-0.1, -0.05) is 11.6 Å². The van der Waals surface area contributed by atoms with Crippen LogP contribution >= 0.6 is 11.6 Å². The van der Waals surface area contributed by atoms with E-state index in [4.69, 9.17) is 22.1 Å². The number of carbonyl (C=O) groups excluding carboxylic acids is 1. The third-order valence-corrected chi connectivity index (χ3v) is 4.35. The average Bonchev–Trinajstić information content (AvgIpc) is 2.87. The molecule has 0 bridgehead atoms. The van der Waals surface area contributed by atoms with Gasteiger partial charge in [-0.3, -0.25) is 9.36 Å². The molecule has 1 aromatic heterocycles. The number of nitrogen functional groups attached to an aromatic ring is 1. The minimum atomic E-state index is -1.56. The Bertz CT molecular complexity index is 888. The molecule has 10 heteroatoms. The van der Waals surface area contributed by atoms with E-state index < -0.39 is 41.9 Å². The van der Waals surface area contributed by atoms with E-state index in [0.717, 1.165) is 6.20 Å². The van der Waals surface area contributed by atoms with Crippen molar-refractivity contribution in [2.75, 3.05) is 5.73 Å². The number of nitrogens with two attached hydrogens (primary N) is 1. The van der Waals surface area contributed by atoms with Crippen molar-refractivity contribution in [1.82, 2.24) is 9.55 Å². The van der Waals surface area contributed by atoms with E-state index in [1.165, 1.54) is 12.1 Å². The van der Waals surface area contributed by atoms with Crippen molar-refractivity contribution >= 4 is 23.2 Å². The standard InChI is InChI=1S/C16H15ClFN3O5/c17-8-3-1-7(2-4-8)10(22)5-11-12(23)13(24)15(26-11)21-6-9(18)14(19)20-16(21)25/h1-4,6,11-13,15,23-24H,5H2,(H2,19,20,25)/t11-,12-,13-,15-/m1/s1. The van der Waals surface area contributed by atoms with Crippen molar-refractivity contribution in [3.8, 4) is 0 Å². The van der Waals surface area contributed by atoms with Crippen LogP contribution in [0.5, 0.6) is 0 Å². The van der Waals surface area contributed by atoms with Crippen LogP contribution in [-0.4, -0.2) is 43.9 Å². The first kappa shape index (κ1) is 18.5. The third kappa shape index (κ3) is 3.47. The molecule has 8 nitrogen and oxygen atoms in total. The molecule has 0 spiro atoms. The van der Waals surface area contributed by atoms with Gasteiger partial charge in [0.1, 0.15) is 12.2 Å². The van der Waals surface area contributed by atoms with Crippen LogP contribution in [0.25, 0.3) is 0 Å². The van der Waals surface area contributed by atoms with Crippen LogP contribution in [0.3, 0.4) is 0 Å². The van der Waals surface area contributed by atoms with Gasteiger partial charge in [0.25, 0.3) is 0 Å². The number of Topliss-reactive ketones (excluding diaryl/α,β-unsaturated/α-hetero) is 1. The lowest BCUT2D eigenvalue weighted by atomic mass is 10.0. The summed E-state index contributed by atoms with van der Waals surface area (Å²) in [6, 6.07) is 6.12. The molecule has 1 fully saturated rings. The fraction of sp³-hybridized carbons (Fsp3) is 0.312. The summed E-state index contributed by atoms with van der Waals surface area (Å²) in [4.78, 5) is 27.4. The highest BCUT2D eigenvalue weighted by Crippen LogP contribution is 2.31. The molecular formula is C16H15ClFN3O5. The van der Waals surface area contributed by atoms with E-state index in [0.29, 0.717) is 15.2 Å². The number of halogens is 2. The van der Waals surface area contributed by atoms with E-state index in [1.54, 1.807) is 12.1 Å². The predicted octanol–water partition coefficient (Wildman–Crippen LogP) is 0.510. The average molecular weight is 384 g/mol. The summed E-state index contributed by atoms with van der Waals surface area (Å²) in [5, 5.41) is 20.7. The van der Waals surface area contributed by atoms with E-state index >= 15 is 0 Å². The second-order valence-electron chi connectivity index (χ2n) is 5.84. The van der Waals surface area contributed by atoms with Gasteiger partial charge in [-0.05, 0) is 24.3 Å². The molecule has 0 saturated carbocycles. The number of anilines is 1. The maximum atomic E-state index is 13.6. The molecular weight excluding hydrogens is 369 g/mol. The Kier molecular flexibility index (Phi) is 5.05. The van der Waals surface area contributed by atoms with Crippen LogP contribution in [0.15, 0.2) is 35.3 Å². The summed E-state index contributed by atoms with van der Waals surface area (Å²) in [7, 11) is 0. The fourth-order valence-corrected chi connectivity index (χ4v) is 2.83. The number of ether oxygens (including phenoxy) is 1. The lowest BCUT2D eigenvalue weighted by molar-refractivity contribution is -0.0401. The summed E-state index contributed by atoms with van der Waals surface area (Å²) in [6.45, 7) is 0. The van der Waals surface area contributed by atoms with Crippen molar-refractivity contribution < 1.29 is 24.1 Å². The fourth-order valence-electron chi connectivity index (χ4n) is 2.70. The lowest BCUT2D eigenvalue weighted by Crippen LogP contribution is -2.36. The zero-order valence-corrected chi connectivity index (χ0v) is 14.0. The highest BCUT2D eigenvalue weighted by Gasteiger charge is 2.45. The maximum Gasteiger partial charge on any atom is 0.351 e. The van der Waals surface area contributed by atoms with Gasteiger partial charge in [-0.25, -0.2) is 9.18 Å². The number of nitrogens with zero attached hydrogens (tertiary/aromatic N) is 2. The van der Waals surface area contributed by atoms with E-state index in [-0.39, 0.29) is 12.2 Å².